The van der Waals surface area contributed by atoms with E-state index < -0.39 is 4.92 Å². The van der Waals surface area contributed by atoms with Gasteiger partial charge < -0.3 is 15.2 Å². The predicted octanol–water partition coefficient (Wildman–Crippen LogP) is 2.37. The van der Waals surface area contributed by atoms with Gasteiger partial charge in [-0.25, -0.2) is 0 Å². The number of hydrogen-bond donors (Lipinski definition) is 1. The standard InChI is InChI=1S/C12H11N3O4/c1-18-12-6-8(15(16)17)2-3-11(12)19-10-4-5-14-7-9(10)13/h2-7H,13H2,1H3. The molecule has 0 bridgehead atoms. The number of aromatic nitrogens is 1. The van der Waals surface area contributed by atoms with Crippen LogP contribution in [0.2, 0.25) is 0 Å². The number of benzene rings is 1. The molecule has 2 aromatic rings. The number of nitrogen functional groups attached to an aromatic ring is 1. The fraction of sp³-hybridized carbons (Fsp3) is 0.0833. The monoisotopic (exact) mass is 261 g/mol. The van der Waals surface area contributed by atoms with E-state index in [0.717, 1.165) is 0 Å². The third kappa shape index (κ3) is 2.71. The number of nitro groups is 1. The van der Waals surface area contributed by atoms with Crippen LogP contribution in [0, 0.1) is 10.1 Å². The molecule has 0 atom stereocenters. The minimum absolute atomic E-state index is 0.0769. The Bertz CT molecular complexity index is 616. The van der Waals surface area contributed by atoms with Crippen LogP contribution in [0.1, 0.15) is 0 Å². The van der Waals surface area contributed by atoms with Crippen LogP contribution >= 0.6 is 0 Å². The molecule has 0 aliphatic heterocycles. The normalized spacial score (nSPS) is 9.95. The average molecular weight is 261 g/mol. The summed E-state index contributed by atoms with van der Waals surface area (Å²) >= 11 is 0. The van der Waals surface area contributed by atoms with Crippen LogP contribution in [0.3, 0.4) is 0 Å². The van der Waals surface area contributed by atoms with Crippen molar-refractivity contribution in [3.8, 4) is 17.2 Å². The smallest absolute Gasteiger partial charge is 0.273 e. The predicted molar refractivity (Wildman–Crippen MR) is 68.4 cm³/mol. The minimum Gasteiger partial charge on any atom is -0.493 e. The highest BCUT2D eigenvalue weighted by Gasteiger charge is 2.13. The molecule has 7 nitrogen and oxygen atoms in total. The molecule has 1 aromatic carbocycles. The number of hydrogen-bond acceptors (Lipinski definition) is 6. The lowest BCUT2D eigenvalue weighted by molar-refractivity contribution is -0.384. The molecule has 1 aromatic heterocycles. The number of ether oxygens (including phenoxy) is 2. The van der Waals surface area contributed by atoms with E-state index in [-0.39, 0.29) is 11.4 Å². The molecule has 0 aliphatic carbocycles. The Morgan fingerprint density at radius 3 is 2.68 bits per heavy atom. The number of nitro benzene ring substituents is 1. The summed E-state index contributed by atoms with van der Waals surface area (Å²) in [4.78, 5) is 14.0. The second-order valence-electron chi connectivity index (χ2n) is 3.61. The maximum atomic E-state index is 10.7. The second kappa shape index (κ2) is 5.21. The molecule has 98 valence electrons. The van der Waals surface area contributed by atoms with Gasteiger partial charge in [0.05, 0.1) is 30.0 Å². The Morgan fingerprint density at radius 1 is 1.26 bits per heavy atom. The number of nitrogens with zero attached hydrogens (tertiary/aromatic N) is 2. The summed E-state index contributed by atoms with van der Waals surface area (Å²) < 4.78 is 10.6. The number of anilines is 1. The van der Waals surface area contributed by atoms with Crippen molar-refractivity contribution in [3.63, 3.8) is 0 Å². The van der Waals surface area contributed by atoms with E-state index in [1.165, 1.54) is 37.7 Å². The summed E-state index contributed by atoms with van der Waals surface area (Å²) in [6.07, 6.45) is 2.98. The van der Waals surface area contributed by atoms with E-state index in [1.807, 2.05) is 0 Å². The lowest BCUT2D eigenvalue weighted by Crippen LogP contribution is -1.96. The van der Waals surface area contributed by atoms with Gasteiger partial charge in [0.2, 0.25) is 0 Å². The molecule has 0 aliphatic rings. The summed E-state index contributed by atoms with van der Waals surface area (Å²) in [5, 5.41) is 10.7. The summed E-state index contributed by atoms with van der Waals surface area (Å²) in [7, 11) is 1.40. The summed E-state index contributed by atoms with van der Waals surface area (Å²) in [5.74, 6) is 0.999. The zero-order chi connectivity index (χ0) is 13.8. The van der Waals surface area contributed by atoms with Gasteiger partial charge in [0.1, 0.15) is 0 Å². The van der Waals surface area contributed by atoms with Crippen molar-refractivity contribution in [3.05, 3.63) is 46.8 Å². The van der Waals surface area contributed by atoms with Gasteiger partial charge in [0.25, 0.3) is 5.69 Å². The number of non-ortho nitro benzene ring substituents is 1. The van der Waals surface area contributed by atoms with Gasteiger partial charge >= 0.3 is 0 Å². The van der Waals surface area contributed by atoms with Crippen molar-refractivity contribution in [1.82, 2.24) is 4.98 Å². The van der Waals surface area contributed by atoms with Gasteiger partial charge in [-0.05, 0) is 6.07 Å². The SMILES string of the molecule is COc1cc([N+](=O)[O-])ccc1Oc1ccncc1N. The van der Waals surface area contributed by atoms with Crippen molar-refractivity contribution in [2.75, 3.05) is 12.8 Å². The van der Waals surface area contributed by atoms with Gasteiger partial charge in [-0.2, -0.15) is 0 Å². The second-order valence-corrected chi connectivity index (χ2v) is 3.61. The zero-order valence-corrected chi connectivity index (χ0v) is 10.1. The lowest BCUT2D eigenvalue weighted by Gasteiger charge is -2.11. The molecule has 0 radical (unpaired) electrons. The molecule has 0 saturated heterocycles. The quantitative estimate of drug-likeness (QED) is 0.669. The minimum atomic E-state index is -0.507. The van der Waals surface area contributed by atoms with Crippen LogP contribution < -0.4 is 15.2 Å². The van der Waals surface area contributed by atoms with Crippen molar-refractivity contribution in [1.29, 1.82) is 0 Å². The first-order valence-electron chi connectivity index (χ1n) is 5.31. The summed E-state index contributed by atoms with van der Waals surface area (Å²) in [6.45, 7) is 0. The molecule has 0 fully saturated rings. The highest BCUT2D eigenvalue weighted by Crippen LogP contribution is 2.35. The van der Waals surface area contributed by atoms with E-state index in [9.17, 15) is 10.1 Å². The van der Waals surface area contributed by atoms with Crippen LogP contribution in [-0.4, -0.2) is 17.0 Å². The zero-order valence-electron chi connectivity index (χ0n) is 10.1. The van der Waals surface area contributed by atoms with Crippen LogP contribution in [0.25, 0.3) is 0 Å². The third-order valence-electron chi connectivity index (χ3n) is 2.39. The molecule has 0 unspecified atom stereocenters. The number of pyridine rings is 1. The topological polar surface area (TPSA) is 101 Å². The molecule has 2 rings (SSSR count). The summed E-state index contributed by atoms with van der Waals surface area (Å²) in [6, 6.07) is 5.66. The van der Waals surface area contributed by atoms with Crippen molar-refractivity contribution in [2.45, 2.75) is 0 Å². The van der Waals surface area contributed by atoms with Crippen LogP contribution in [0.5, 0.6) is 17.2 Å². The van der Waals surface area contributed by atoms with Gasteiger partial charge in [-0.3, -0.25) is 15.1 Å². The van der Waals surface area contributed by atoms with Gasteiger partial charge in [-0.15, -0.1) is 0 Å². The van der Waals surface area contributed by atoms with Crippen LogP contribution in [0.15, 0.2) is 36.7 Å². The molecule has 7 heteroatoms. The fourth-order valence-electron chi connectivity index (χ4n) is 1.46. The molecule has 0 spiro atoms. The van der Waals surface area contributed by atoms with Crippen LogP contribution in [0.4, 0.5) is 11.4 Å². The lowest BCUT2D eigenvalue weighted by atomic mass is 10.3. The third-order valence-corrected chi connectivity index (χ3v) is 2.39. The summed E-state index contributed by atoms with van der Waals surface area (Å²) in [5.41, 5.74) is 5.99. The molecular formula is C12H11N3O4. The number of methoxy groups -OCH3 is 1. The van der Waals surface area contributed by atoms with Crippen LogP contribution in [-0.2, 0) is 0 Å². The molecule has 0 amide bonds. The van der Waals surface area contributed by atoms with E-state index >= 15 is 0 Å². The molecule has 1 heterocycles. The molecule has 0 saturated carbocycles. The van der Waals surface area contributed by atoms with Crippen molar-refractivity contribution in [2.24, 2.45) is 0 Å². The Kier molecular flexibility index (Phi) is 3.46. The average Bonchev–Trinajstić information content (AvgIpc) is 2.41. The first kappa shape index (κ1) is 12.6. The van der Waals surface area contributed by atoms with E-state index in [4.69, 9.17) is 15.2 Å². The molecular weight excluding hydrogens is 250 g/mol. The largest absolute Gasteiger partial charge is 0.493 e. The van der Waals surface area contributed by atoms with Gasteiger partial charge in [-0.1, -0.05) is 0 Å². The fourth-order valence-corrected chi connectivity index (χ4v) is 1.46. The maximum absolute atomic E-state index is 10.7. The molecule has 2 N–H and O–H groups in total. The first-order valence-corrected chi connectivity index (χ1v) is 5.31. The number of nitrogens with two attached hydrogens (primary N) is 1. The van der Waals surface area contributed by atoms with E-state index in [1.54, 1.807) is 6.07 Å². The van der Waals surface area contributed by atoms with Gasteiger partial charge in [0.15, 0.2) is 17.2 Å². The highest BCUT2D eigenvalue weighted by atomic mass is 16.6. The highest BCUT2D eigenvalue weighted by molar-refractivity contribution is 5.55. The molecule has 19 heavy (non-hydrogen) atoms. The van der Waals surface area contributed by atoms with Gasteiger partial charge in [0, 0.05) is 18.3 Å². The van der Waals surface area contributed by atoms with Crippen molar-refractivity contribution >= 4 is 11.4 Å². The Balaban J connectivity index is 2.35. The van der Waals surface area contributed by atoms with E-state index in [2.05, 4.69) is 4.98 Å². The van der Waals surface area contributed by atoms with Crippen molar-refractivity contribution < 1.29 is 14.4 Å². The first-order chi connectivity index (χ1) is 9.11. The Morgan fingerprint density at radius 2 is 2.05 bits per heavy atom. The van der Waals surface area contributed by atoms with E-state index in [0.29, 0.717) is 17.2 Å². The Labute approximate surface area is 108 Å². The maximum Gasteiger partial charge on any atom is 0.273 e. The Hall–Kier alpha value is -2.83. The number of rotatable bonds is 4.